The highest BCUT2D eigenvalue weighted by molar-refractivity contribution is 7.92. The Hall–Kier alpha value is -2.69. The number of benzene rings is 2. The summed E-state index contributed by atoms with van der Waals surface area (Å²) in [6.45, 7) is 5.56. The standard InChI is InChI=1S/C29H40FN3O5S/c1-20-16-33(21(2)19-34)29(35)25-10-7-11-26(31-39(36,37)24-14-12-23(30)13-15-24)28(25)38-27(20)18-32(3)17-22-8-5-4-6-9-22/h7,10-15,20-22,27,31,34H,4-6,8-9,16-19H2,1-3H3/t20-,21+,27+/m0/s1. The number of nitrogens with one attached hydrogen (secondary N) is 1. The van der Waals surface area contributed by atoms with E-state index < -0.39 is 21.9 Å². The summed E-state index contributed by atoms with van der Waals surface area (Å²) in [6, 6.07) is 8.88. The number of fused-ring (bicyclic) bond motifs is 1. The lowest BCUT2D eigenvalue weighted by molar-refractivity contribution is 0.0333. The number of nitrogens with zero attached hydrogens (tertiary/aromatic N) is 2. The van der Waals surface area contributed by atoms with Crippen molar-refractivity contribution in [3.8, 4) is 5.75 Å². The smallest absolute Gasteiger partial charge is 0.262 e. The van der Waals surface area contributed by atoms with Crippen molar-refractivity contribution in [1.29, 1.82) is 0 Å². The second kappa shape index (κ2) is 12.7. The van der Waals surface area contributed by atoms with Crippen LogP contribution in [0, 0.1) is 17.7 Å². The number of para-hydroxylation sites is 1. The summed E-state index contributed by atoms with van der Waals surface area (Å²) in [5.41, 5.74) is 0.359. The molecule has 2 aliphatic rings. The number of hydrogen-bond acceptors (Lipinski definition) is 6. The van der Waals surface area contributed by atoms with E-state index in [1.165, 1.54) is 44.2 Å². The normalized spacial score (nSPS) is 21.6. The maximum absolute atomic E-state index is 13.7. The molecule has 1 aliphatic heterocycles. The Morgan fingerprint density at radius 2 is 1.82 bits per heavy atom. The fraction of sp³-hybridized carbons (Fsp3) is 0.552. The van der Waals surface area contributed by atoms with Crippen molar-refractivity contribution >= 4 is 21.6 Å². The number of anilines is 1. The average Bonchev–Trinajstić information content (AvgIpc) is 2.91. The van der Waals surface area contributed by atoms with Crippen LogP contribution in [0.3, 0.4) is 0 Å². The molecule has 214 valence electrons. The first-order chi connectivity index (χ1) is 18.6. The highest BCUT2D eigenvalue weighted by atomic mass is 32.2. The molecule has 1 saturated carbocycles. The van der Waals surface area contributed by atoms with Gasteiger partial charge in [-0.2, -0.15) is 0 Å². The summed E-state index contributed by atoms with van der Waals surface area (Å²) < 4.78 is 48.9. The van der Waals surface area contributed by atoms with Gasteiger partial charge in [0.05, 0.1) is 28.8 Å². The average molecular weight is 562 g/mol. The van der Waals surface area contributed by atoms with Gasteiger partial charge in [0.15, 0.2) is 5.75 Å². The SMILES string of the molecule is C[C@H](CO)N1C[C@H](C)[C@@H](CN(C)CC2CCCCC2)Oc2c(NS(=O)(=O)c3ccc(F)cc3)cccc2C1=O. The van der Waals surface area contributed by atoms with E-state index in [0.717, 1.165) is 18.7 Å². The van der Waals surface area contributed by atoms with Crippen molar-refractivity contribution in [1.82, 2.24) is 9.80 Å². The van der Waals surface area contributed by atoms with E-state index in [0.29, 0.717) is 19.0 Å². The van der Waals surface area contributed by atoms with Crippen molar-refractivity contribution in [2.24, 2.45) is 11.8 Å². The lowest BCUT2D eigenvalue weighted by Gasteiger charge is -2.39. The summed E-state index contributed by atoms with van der Waals surface area (Å²) in [4.78, 5) is 17.5. The molecule has 2 N–H and O–H groups in total. The number of ether oxygens (including phenoxy) is 1. The topological polar surface area (TPSA) is 99.2 Å². The molecular weight excluding hydrogens is 521 g/mol. The number of halogens is 1. The first kappa shape index (κ1) is 29.3. The minimum absolute atomic E-state index is 0.0910. The Kier molecular flexibility index (Phi) is 9.51. The Morgan fingerprint density at radius 3 is 2.49 bits per heavy atom. The quantitative estimate of drug-likeness (QED) is 0.472. The number of rotatable bonds is 9. The maximum atomic E-state index is 13.7. The van der Waals surface area contributed by atoms with Gasteiger partial charge in [-0.3, -0.25) is 9.52 Å². The zero-order valence-corrected chi connectivity index (χ0v) is 23.8. The highest BCUT2D eigenvalue weighted by Crippen LogP contribution is 2.36. The van der Waals surface area contributed by atoms with Gasteiger partial charge < -0.3 is 19.6 Å². The zero-order valence-electron chi connectivity index (χ0n) is 23.0. The molecule has 4 rings (SSSR count). The van der Waals surface area contributed by atoms with Gasteiger partial charge >= 0.3 is 0 Å². The van der Waals surface area contributed by atoms with E-state index >= 15 is 0 Å². The number of likely N-dealkylation sites (N-methyl/N-ethyl adjacent to an activating group) is 1. The largest absolute Gasteiger partial charge is 0.486 e. The molecule has 1 fully saturated rings. The van der Waals surface area contributed by atoms with Gasteiger partial charge in [-0.15, -0.1) is 0 Å². The third kappa shape index (κ3) is 7.10. The molecule has 3 atom stereocenters. The van der Waals surface area contributed by atoms with Crippen LogP contribution >= 0.6 is 0 Å². The maximum Gasteiger partial charge on any atom is 0.262 e. The van der Waals surface area contributed by atoms with Gasteiger partial charge in [0, 0.05) is 25.6 Å². The van der Waals surface area contributed by atoms with E-state index in [4.69, 9.17) is 4.74 Å². The summed E-state index contributed by atoms with van der Waals surface area (Å²) in [6.07, 6.45) is 5.92. The van der Waals surface area contributed by atoms with Crippen LogP contribution in [0.2, 0.25) is 0 Å². The van der Waals surface area contributed by atoms with E-state index in [1.54, 1.807) is 30.0 Å². The van der Waals surface area contributed by atoms with Crippen LogP contribution in [-0.4, -0.2) is 74.7 Å². The number of aliphatic hydroxyl groups excluding tert-OH is 1. The molecular formula is C29H40FN3O5S. The van der Waals surface area contributed by atoms with Gasteiger partial charge in [-0.05, 0) is 69.1 Å². The van der Waals surface area contributed by atoms with Crippen LogP contribution in [0.4, 0.5) is 10.1 Å². The monoisotopic (exact) mass is 561 g/mol. The first-order valence-electron chi connectivity index (χ1n) is 13.8. The minimum atomic E-state index is -4.08. The molecule has 1 aliphatic carbocycles. The Balaban J connectivity index is 1.68. The summed E-state index contributed by atoms with van der Waals surface area (Å²) in [7, 11) is -2.01. The van der Waals surface area contributed by atoms with Crippen LogP contribution in [0.25, 0.3) is 0 Å². The second-order valence-electron chi connectivity index (χ2n) is 11.1. The van der Waals surface area contributed by atoms with Crippen molar-refractivity contribution in [2.75, 3.05) is 38.0 Å². The third-order valence-electron chi connectivity index (χ3n) is 7.85. The molecule has 39 heavy (non-hydrogen) atoms. The van der Waals surface area contributed by atoms with Gasteiger partial charge in [-0.1, -0.05) is 32.3 Å². The van der Waals surface area contributed by atoms with Gasteiger partial charge in [0.25, 0.3) is 15.9 Å². The van der Waals surface area contributed by atoms with E-state index in [2.05, 4.69) is 16.7 Å². The predicted molar refractivity (Wildman–Crippen MR) is 149 cm³/mol. The number of aliphatic hydroxyl groups is 1. The summed E-state index contributed by atoms with van der Waals surface area (Å²) in [5.74, 6) is -0.168. The number of carbonyl (C=O) groups excluding carboxylic acids is 1. The first-order valence-corrected chi connectivity index (χ1v) is 15.3. The molecule has 1 amide bonds. The molecule has 0 aromatic heterocycles. The second-order valence-corrected chi connectivity index (χ2v) is 12.8. The Morgan fingerprint density at radius 1 is 1.13 bits per heavy atom. The summed E-state index contributed by atoms with van der Waals surface area (Å²) >= 11 is 0. The number of carbonyl (C=O) groups is 1. The van der Waals surface area contributed by atoms with Crippen LogP contribution in [0.5, 0.6) is 5.75 Å². The van der Waals surface area contributed by atoms with E-state index in [-0.39, 0.29) is 46.4 Å². The van der Waals surface area contributed by atoms with Crippen molar-refractivity contribution < 1.29 is 27.4 Å². The molecule has 0 bridgehead atoms. The molecule has 0 spiro atoms. The number of amides is 1. The fourth-order valence-corrected chi connectivity index (χ4v) is 6.61. The molecule has 0 saturated heterocycles. The zero-order chi connectivity index (χ0) is 28.2. The van der Waals surface area contributed by atoms with Crippen molar-refractivity contribution in [3.63, 3.8) is 0 Å². The number of hydrogen-bond donors (Lipinski definition) is 2. The van der Waals surface area contributed by atoms with Gasteiger partial charge in [0.1, 0.15) is 11.9 Å². The molecule has 0 radical (unpaired) electrons. The van der Waals surface area contributed by atoms with Crippen LogP contribution in [0.15, 0.2) is 47.4 Å². The van der Waals surface area contributed by atoms with E-state index in [9.17, 15) is 22.7 Å². The molecule has 1 heterocycles. The lowest BCUT2D eigenvalue weighted by Crippen LogP contribution is -2.50. The third-order valence-corrected chi connectivity index (χ3v) is 9.23. The Bertz CT molecular complexity index is 1230. The van der Waals surface area contributed by atoms with Crippen LogP contribution in [0.1, 0.15) is 56.3 Å². The minimum Gasteiger partial charge on any atom is -0.486 e. The Labute approximate surface area is 231 Å². The molecule has 0 unspecified atom stereocenters. The predicted octanol–water partition coefficient (Wildman–Crippen LogP) is 4.36. The van der Waals surface area contributed by atoms with Crippen molar-refractivity contribution in [2.45, 2.75) is 63.0 Å². The van der Waals surface area contributed by atoms with Crippen LogP contribution in [-0.2, 0) is 10.0 Å². The summed E-state index contributed by atoms with van der Waals surface area (Å²) in [5, 5.41) is 9.90. The molecule has 8 nitrogen and oxygen atoms in total. The van der Waals surface area contributed by atoms with Gasteiger partial charge in [-0.25, -0.2) is 12.8 Å². The lowest BCUT2D eigenvalue weighted by atomic mass is 9.89. The number of sulfonamides is 1. The molecule has 2 aromatic rings. The van der Waals surface area contributed by atoms with Crippen LogP contribution < -0.4 is 9.46 Å². The van der Waals surface area contributed by atoms with Gasteiger partial charge in [0.2, 0.25) is 0 Å². The molecule has 10 heteroatoms. The van der Waals surface area contributed by atoms with Crippen molar-refractivity contribution in [3.05, 3.63) is 53.8 Å². The highest BCUT2D eigenvalue weighted by Gasteiger charge is 2.35. The molecule has 2 aromatic carbocycles. The van der Waals surface area contributed by atoms with E-state index in [1.807, 2.05) is 6.92 Å². The fourth-order valence-electron chi connectivity index (χ4n) is 5.55.